The molecule has 0 bridgehead atoms. The predicted molar refractivity (Wildman–Crippen MR) is 80.4 cm³/mol. The fourth-order valence-electron chi connectivity index (χ4n) is 2.16. The average Bonchev–Trinajstić information content (AvgIpc) is 2.49. The molecule has 19 heavy (non-hydrogen) atoms. The Morgan fingerprint density at radius 2 is 1.58 bits per heavy atom. The fourth-order valence-corrected chi connectivity index (χ4v) is 3.09. The number of aliphatic hydroxyl groups is 1. The average molecular weight is 269 g/mol. The first kappa shape index (κ1) is 12.3. The summed E-state index contributed by atoms with van der Waals surface area (Å²) < 4.78 is 0. The van der Waals surface area contributed by atoms with Gasteiger partial charge in [0.2, 0.25) is 0 Å². The van der Waals surface area contributed by atoms with Gasteiger partial charge in [-0.25, -0.2) is 0 Å². The van der Waals surface area contributed by atoms with Crippen LogP contribution in [0.1, 0.15) is 11.1 Å². The van der Waals surface area contributed by atoms with Gasteiger partial charge in [0.05, 0.1) is 5.70 Å². The van der Waals surface area contributed by atoms with Gasteiger partial charge in [-0.3, -0.25) is 0 Å². The van der Waals surface area contributed by atoms with Crippen LogP contribution >= 0.6 is 11.8 Å². The van der Waals surface area contributed by atoms with Crippen molar-refractivity contribution in [3.63, 3.8) is 0 Å². The molecule has 0 radical (unpaired) electrons. The van der Waals surface area contributed by atoms with Gasteiger partial charge in [-0.2, -0.15) is 0 Å². The molecule has 0 aromatic heterocycles. The number of hydrogen-bond acceptors (Lipinski definition) is 3. The number of thioether (sulfide) groups is 1. The summed E-state index contributed by atoms with van der Waals surface area (Å²) in [6, 6.07) is 19.8. The minimum atomic E-state index is -1.01. The molecule has 3 heteroatoms. The molecule has 1 atom stereocenters. The summed E-state index contributed by atoms with van der Waals surface area (Å²) in [5.41, 5.74) is 1.93. The van der Waals surface area contributed by atoms with E-state index in [1.165, 1.54) is 0 Å². The maximum Gasteiger partial charge on any atom is 0.171 e. The molecular formula is C16H15NOS. The first-order valence-corrected chi connectivity index (χ1v) is 7.26. The minimum absolute atomic E-state index is 0.605. The molecule has 96 valence electrons. The van der Waals surface area contributed by atoms with E-state index in [2.05, 4.69) is 10.7 Å². The van der Waals surface area contributed by atoms with Crippen LogP contribution in [0.25, 0.3) is 5.70 Å². The molecule has 2 aromatic rings. The van der Waals surface area contributed by atoms with Crippen molar-refractivity contribution in [2.24, 2.45) is 0 Å². The van der Waals surface area contributed by atoms with Gasteiger partial charge < -0.3 is 10.4 Å². The van der Waals surface area contributed by atoms with Crippen molar-refractivity contribution < 1.29 is 5.11 Å². The summed E-state index contributed by atoms with van der Waals surface area (Å²) in [6.07, 6.45) is 0. The lowest BCUT2D eigenvalue weighted by Crippen LogP contribution is -2.45. The van der Waals surface area contributed by atoms with Gasteiger partial charge in [0.25, 0.3) is 0 Å². The van der Waals surface area contributed by atoms with Crippen LogP contribution in [-0.2, 0) is 5.72 Å². The molecule has 1 aliphatic heterocycles. The SMILES string of the molecule is OC1(c2ccccc2)CSC=C(c2ccccc2)N1. The molecule has 0 spiro atoms. The van der Waals surface area contributed by atoms with Crippen molar-refractivity contribution in [2.45, 2.75) is 5.72 Å². The summed E-state index contributed by atoms with van der Waals surface area (Å²) in [5.74, 6) is 0.605. The minimum Gasteiger partial charge on any atom is -0.366 e. The molecule has 2 N–H and O–H groups in total. The standard InChI is InChI=1S/C16H15NOS/c18-16(14-9-5-2-6-10-14)12-19-11-15(17-16)13-7-3-1-4-8-13/h1-11,17-18H,12H2. The van der Waals surface area contributed by atoms with Crippen LogP contribution in [0.3, 0.4) is 0 Å². The van der Waals surface area contributed by atoms with Crippen LogP contribution in [0, 0.1) is 0 Å². The van der Waals surface area contributed by atoms with E-state index in [9.17, 15) is 5.11 Å². The van der Waals surface area contributed by atoms with E-state index in [4.69, 9.17) is 0 Å². The lowest BCUT2D eigenvalue weighted by Gasteiger charge is -2.34. The summed E-state index contributed by atoms with van der Waals surface area (Å²) >= 11 is 1.63. The molecular weight excluding hydrogens is 254 g/mol. The third-order valence-corrected chi connectivity index (χ3v) is 4.16. The highest BCUT2D eigenvalue weighted by atomic mass is 32.2. The van der Waals surface area contributed by atoms with Crippen molar-refractivity contribution in [1.29, 1.82) is 0 Å². The first-order valence-electron chi connectivity index (χ1n) is 6.21. The van der Waals surface area contributed by atoms with Gasteiger partial charge in [-0.15, -0.1) is 11.8 Å². The summed E-state index contributed by atoms with van der Waals surface area (Å²) in [7, 11) is 0. The first-order chi connectivity index (χ1) is 9.28. The highest BCUT2D eigenvalue weighted by molar-refractivity contribution is 8.02. The fraction of sp³-hybridized carbons (Fsp3) is 0.125. The van der Waals surface area contributed by atoms with E-state index < -0.39 is 5.72 Å². The molecule has 0 amide bonds. The van der Waals surface area contributed by atoms with Gasteiger partial charge in [-0.05, 0) is 11.0 Å². The zero-order chi connectivity index (χ0) is 13.1. The quantitative estimate of drug-likeness (QED) is 0.878. The molecule has 0 saturated heterocycles. The van der Waals surface area contributed by atoms with Crippen molar-refractivity contribution in [3.8, 4) is 0 Å². The molecule has 3 rings (SSSR count). The Labute approximate surface area is 117 Å². The second-order valence-electron chi connectivity index (χ2n) is 4.56. The number of nitrogens with one attached hydrogen (secondary N) is 1. The maximum atomic E-state index is 10.8. The molecule has 2 aromatic carbocycles. The van der Waals surface area contributed by atoms with Crippen LogP contribution in [0.2, 0.25) is 0 Å². The van der Waals surface area contributed by atoms with Crippen molar-refractivity contribution in [2.75, 3.05) is 5.75 Å². The van der Waals surface area contributed by atoms with Gasteiger partial charge in [0.15, 0.2) is 5.72 Å². The Morgan fingerprint density at radius 3 is 2.26 bits per heavy atom. The van der Waals surface area contributed by atoms with Crippen LogP contribution in [0.5, 0.6) is 0 Å². The van der Waals surface area contributed by atoms with Gasteiger partial charge in [-0.1, -0.05) is 60.7 Å². The van der Waals surface area contributed by atoms with Crippen molar-refractivity contribution in [3.05, 3.63) is 77.2 Å². The zero-order valence-electron chi connectivity index (χ0n) is 10.4. The highest BCUT2D eigenvalue weighted by Gasteiger charge is 2.32. The predicted octanol–water partition coefficient (Wildman–Crippen LogP) is 3.17. The van der Waals surface area contributed by atoms with Gasteiger partial charge in [0.1, 0.15) is 0 Å². The zero-order valence-corrected chi connectivity index (χ0v) is 11.2. The summed E-state index contributed by atoms with van der Waals surface area (Å²) in [4.78, 5) is 0. The lowest BCUT2D eigenvalue weighted by atomic mass is 10.0. The van der Waals surface area contributed by atoms with Crippen LogP contribution < -0.4 is 5.32 Å². The van der Waals surface area contributed by atoms with Crippen LogP contribution in [0.4, 0.5) is 0 Å². The summed E-state index contributed by atoms with van der Waals surface area (Å²) in [6.45, 7) is 0. The highest BCUT2D eigenvalue weighted by Crippen LogP contribution is 2.32. The topological polar surface area (TPSA) is 32.3 Å². The van der Waals surface area contributed by atoms with Crippen molar-refractivity contribution >= 4 is 17.5 Å². The van der Waals surface area contributed by atoms with E-state index in [1.54, 1.807) is 11.8 Å². The molecule has 1 heterocycles. The Bertz CT molecular complexity index is 582. The second kappa shape index (κ2) is 5.11. The van der Waals surface area contributed by atoms with E-state index in [1.807, 2.05) is 60.7 Å². The summed E-state index contributed by atoms with van der Waals surface area (Å²) in [5, 5.41) is 16.1. The smallest absolute Gasteiger partial charge is 0.171 e. The molecule has 1 aliphatic rings. The van der Waals surface area contributed by atoms with Gasteiger partial charge in [0, 0.05) is 11.3 Å². The Morgan fingerprint density at radius 1 is 0.947 bits per heavy atom. The number of hydrogen-bond donors (Lipinski definition) is 2. The van der Waals surface area contributed by atoms with Crippen molar-refractivity contribution in [1.82, 2.24) is 5.32 Å². The van der Waals surface area contributed by atoms with E-state index in [-0.39, 0.29) is 0 Å². The maximum absolute atomic E-state index is 10.8. The normalized spacial score (nSPS) is 22.5. The third kappa shape index (κ3) is 2.53. The molecule has 0 aliphatic carbocycles. The third-order valence-electron chi connectivity index (χ3n) is 3.17. The number of rotatable bonds is 2. The van der Waals surface area contributed by atoms with E-state index in [0.717, 1.165) is 16.8 Å². The molecule has 2 nitrogen and oxygen atoms in total. The molecule has 0 saturated carbocycles. The number of benzene rings is 2. The largest absolute Gasteiger partial charge is 0.366 e. The molecule has 0 fully saturated rings. The lowest BCUT2D eigenvalue weighted by molar-refractivity contribution is 0.0425. The Kier molecular flexibility index (Phi) is 3.32. The van der Waals surface area contributed by atoms with E-state index in [0.29, 0.717) is 5.75 Å². The Balaban J connectivity index is 1.91. The van der Waals surface area contributed by atoms with E-state index >= 15 is 0 Å². The van der Waals surface area contributed by atoms with Gasteiger partial charge >= 0.3 is 0 Å². The van der Waals surface area contributed by atoms with Crippen LogP contribution in [-0.4, -0.2) is 10.9 Å². The Hall–Kier alpha value is -1.71. The second-order valence-corrected chi connectivity index (χ2v) is 5.42. The monoisotopic (exact) mass is 269 g/mol. The van der Waals surface area contributed by atoms with Crippen LogP contribution in [0.15, 0.2) is 66.1 Å². The molecule has 1 unspecified atom stereocenters.